The van der Waals surface area contributed by atoms with Gasteiger partial charge in [0.15, 0.2) is 0 Å². The van der Waals surface area contributed by atoms with Gasteiger partial charge in [-0.25, -0.2) is 10.2 Å². The van der Waals surface area contributed by atoms with Gasteiger partial charge in [-0.15, -0.1) is 11.3 Å². The van der Waals surface area contributed by atoms with Crippen LogP contribution in [-0.4, -0.2) is 27.8 Å². The highest BCUT2D eigenvalue weighted by molar-refractivity contribution is 7.14. The predicted octanol–water partition coefficient (Wildman–Crippen LogP) is 5.28. The second kappa shape index (κ2) is 8.65. The van der Waals surface area contributed by atoms with E-state index in [9.17, 15) is 14.7 Å². The molecule has 1 amide bonds. The van der Waals surface area contributed by atoms with Gasteiger partial charge in [0.2, 0.25) is 0 Å². The van der Waals surface area contributed by atoms with Gasteiger partial charge in [-0.3, -0.25) is 4.79 Å². The summed E-state index contributed by atoms with van der Waals surface area (Å²) in [6.45, 7) is 1.65. The maximum absolute atomic E-state index is 12.2. The number of halogens is 2. The molecule has 0 bridgehead atoms. The zero-order valence-electron chi connectivity index (χ0n) is 14.9. The average molecular weight is 449 g/mol. The van der Waals surface area contributed by atoms with Crippen LogP contribution >= 0.6 is 34.5 Å². The quantitative estimate of drug-likeness (QED) is 0.365. The van der Waals surface area contributed by atoms with E-state index < -0.39 is 11.9 Å². The summed E-state index contributed by atoms with van der Waals surface area (Å²) in [5.74, 6) is -1.55. The first-order valence-electron chi connectivity index (χ1n) is 8.22. The van der Waals surface area contributed by atoms with Crippen molar-refractivity contribution in [2.45, 2.75) is 6.92 Å². The molecule has 3 N–H and O–H groups in total. The Hall–Kier alpha value is -2.87. The lowest BCUT2D eigenvalue weighted by molar-refractivity contribution is 0.0696. The molecule has 2 aromatic carbocycles. The summed E-state index contributed by atoms with van der Waals surface area (Å²) in [7, 11) is 0. The Kier molecular flexibility index (Phi) is 6.22. The molecular weight excluding hydrogens is 435 g/mol. The number of carboxylic acid groups (broad SMARTS) is 1. The van der Waals surface area contributed by atoms with Gasteiger partial charge in [0.05, 0.1) is 31.8 Å². The first-order valence-corrected chi connectivity index (χ1v) is 9.85. The zero-order valence-corrected chi connectivity index (χ0v) is 17.3. The van der Waals surface area contributed by atoms with Crippen molar-refractivity contribution in [3.05, 3.63) is 74.6 Å². The molecule has 0 saturated carbocycles. The molecule has 148 valence electrons. The summed E-state index contributed by atoms with van der Waals surface area (Å²) < 4.78 is 0. The molecule has 29 heavy (non-hydrogen) atoms. The van der Waals surface area contributed by atoms with E-state index in [2.05, 4.69) is 10.5 Å². The van der Waals surface area contributed by atoms with Crippen molar-refractivity contribution in [2.75, 3.05) is 0 Å². The first-order chi connectivity index (χ1) is 13.8. The molecule has 3 aromatic rings. The number of carbonyl (C=O) groups excluding carboxylic acids is 1. The van der Waals surface area contributed by atoms with E-state index in [1.165, 1.54) is 35.6 Å². The third kappa shape index (κ3) is 4.59. The molecule has 9 heteroatoms. The minimum Gasteiger partial charge on any atom is -0.506 e. The molecule has 1 heterocycles. The number of hydrogen-bond donors (Lipinski definition) is 3. The second-order valence-corrected chi connectivity index (χ2v) is 7.67. The number of benzene rings is 2. The largest absolute Gasteiger partial charge is 0.506 e. The Morgan fingerprint density at radius 2 is 1.69 bits per heavy atom. The summed E-state index contributed by atoms with van der Waals surface area (Å²) in [4.78, 5) is 23.7. The number of hydrazone groups is 1. The van der Waals surface area contributed by atoms with Crippen molar-refractivity contribution in [2.24, 2.45) is 5.10 Å². The van der Waals surface area contributed by atoms with Gasteiger partial charge >= 0.3 is 5.97 Å². The normalized spacial score (nSPS) is 11.3. The molecule has 0 aliphatic heterocycles. The lowest BCUT2D eigenvalue weighted by Crippen LogP contribution is -2.19. The summed E-state index contributed by atoms with van der Waals surface area (Å²) in [6, 6.07) is 10.5. The van der Waals surface area contributed by atoms with E-state index in [1.54, 1.807) is 30.5 Å². The maximum atomic E-state index is 12.2. The van der Waals surface area contributed by atoms with E-state index in [0.717, 1.165) is 0 Å². The number of hydrogen-bond acceptors (Lipinski definition) is 5. The van der Waals surface area contributed by atoms with Gasteiger partial charge in [0, 0.05) is 10.9 Å². The number of carbonyl (C=O) groups is 2. The minimum atomic E-state index is -1.07. The van der Waals surface area contributed by atoms with Crippen molar-refractivity contribution in [1.82, 2.24) is 5.43 Å². The molecule has 0 unspecified atom stereocenters. The monoisotopic (exact) mass is 448 g/mol. The fourth-order valence-electron chi connectivity index (χ4n) is 2.47. The van der Waals surface area contributed by atoms with Crippen LogP contribution in [0.4, 0.5) is 0 Å². The highest BCUT2D eigenvalue weighted by Gasteiger charge is 2.16. The van der Waals surface area contributed by atoms with E-state index in [-0.39, 0.29) is 16.9 Å². The lowest BCUT2D eigenvalue weighted by Gasteiger charge is -2.04. The molecule has 0 aliphatic rings. The first kappa shape index (κ1) is 20.9. The third-order valence-corrected chi connectivity index (χ3v) is 5.81. The Balaban J connectivity index is 1.78. The minimum absolute atomic E-state index is 0.0229. The summed E-state index contributed by atoms with van der Waals surface area (Å²) in [5, 5.41) is 26.0. The molecule has 0 saturated heterocycles. The number of amides is 1. The van der Waals surface area contributed by atoms with E-state index in [0.29, 0.717) is 31.8 Å². The van der Waals surface area contributed by atoms with Crippen LogP contribution in [0.5, 0.6) is 5.75 Å². The number of rotatable bonds is 5. The standard InChI is InChI=1S/C20H14Cl2N2O4S/c1-10(23-24-19(26)11-2-4-12(5-3-11)20(27)28)14-9-29-18(17(14)25)13-6-7-15(21)16(22)8-13/h2-9,25H,1H3,(H,24,26)(H,27,28)/b23-10+. The van der Waals surface area contributed by atoms with Crippen molar-refractivity contribution < 1.29 is 19.8 Å². The van der Waals surface area contributed by atoms with Gasteiger partial charge < -0.3 is 10.2 Å². The topological polar surface area (TPSA) is 99.0 Å². The second-order valence-electron chi connectivity index (χ2n) is 5.98. The number of thiophene rings is 1. The molecule has 0 radical (unpaired) electrons. The number of aromatic hydroxyl groups is 1. The molecule has 1 aromatic heterocycles. The van der Waals surface area contributed by atoms with Crippen LogP contribution in [0.2, 0.25) is 10.0 Å². The van der Waals surface area contributed by atoms with Crippen LogP contribution in [0.1, 0.15) is 33.2 Å². The Morgan fingerprint density at radius 1 is 1.03 bits per heavy atom. The van der Waals surface area contributed by atoms with Gasteiger partial charge in [0.1, 0.15) is 5.75 Å². The molecule has 0 fully saturated rings. The number of carboxylic acids is 1. The van der Waals surface area contributed by atoms with Crippen LogP contribution in [0.3, 0.4) is 0 Å². The van der Waals surface area contributed by atoms with Crippen molar-refractivity contribution >= 4 is 52.1 Å². The van der Waals surface area contributed by atoms with Crippen LogP contribution < -0.4 is 5.43 Å². The molecule has 3 rings (SSSR count). The van der Waals surface area contributed by atoms with Gasteiger partial charge in [-0.05, 0) is 48.9 Å². The maximum Gasteiger partial charge on any atom is 0.335 e. The van der Waals surface area contributed by atoms with Crippen molar-refractivity contribution in [1.29, 1.82) is 0 Å². The van der Waals surface area contributed by atoms with E-state index >= 15 is 0 Å². The predicted molar refractivity (Wildman–Crippen MR) is 115 cm³/mol. The fourth-order valence-corrected chi connectivity index (χ4v) is 3.77. The van der Waals surface area contributed by atoms with E-state index in [4.69, 9.17) is 28.3 Å². The van der Waals surface area contributed by atoms with Crippen molar-refractivity contribution in [3.63, 3.8) is 0 Å². The Morgan fingerprint density at radius 3 is 2.31 bits per heavy atom. The SMILES string of the molecule is C/C(=N\NC(=O)c1ccc(C(=O)O)cc1)c1csc(-c2ccc(Cl)c(Cl)c2)c1O. The highest BCUT2D eigenvalue weighted by atomic mass is 35.5. The van der Waals surface area contributed by atoms with Crippen LogP contribution in [0, 0.1) is 0 Å². The average Bonchev–Trinajstić information content (AvgIpc) is 3.09. The summed E-state index contributed by atoms with van der Waals surface area (Å²) in [6.07, 6.45) is 0. The fraction of sp³-hybridized carbons (Fsp3) is 0.0500. The molecule has 0 aliphatic carbocycles. The van der Waals surface area contributed by atoms with Gasteiger partial charge in [0.25, 0.3) is 5.91 Å². The van der Waals surface area contributed by atoms with Gasteiger partial charge in [-0.2, -0.15) is 5.10 Å². The van der Waals surface area contributed by atoms with Crippen LogP contribution in [-0.2, 0) is 0 Å². The summed E-state index contributed by atoms with van der Waals surface area (Å²) >= 11 is 13.3. The number of aromatic carboxylic acids is 1. The number of nitrogens with one attached hydrogen (secondary N) is 1. The third-order valence-electron chi connectivity index (χ3n) is 4.06. The Bertz CT molecular complexity index is 1120. The van der Waals surface area contributed by atoms with Gasteiger partial charge in [-0.1, -0.05) is 29.3 Å². The Labute approximate surface area is 180 Å². The van der Waals surface area contributed by atoms with E-state index in [1.807, 2.05) is 0 Å². The number of nitrogens with zero attached hydrogens (tertiary/aromatic N) is 1. The lowest BCUT2D eigenvalue weighted by atomic mass is 10.1. The molecule has 0 spiro atoms. The summed E-state index contributed by atoms with van der Waals surface area (Å²) in [5.41, 5.74) is 4.32. The molecule has 6 nitrogen and oxygen atoms in total. The molecule has 0 atom stereocenters. The highest BCUT2D eigenvalue weighted by Crippen LogP contribution is 2.40. The molecular formula is C20H14Cl2N2O4S. The van der Waals surface area contributed by atoms with Crippen LogP contribution in [0.15, 0.2) is 52.9 Å². The van der Waals surface area contributed by atoms with Crippen molar-refractivity contribution in [3.8, 4) is 16.2 Å². The zero-order chi connectivity index (χ0) is 21.1. The smallest absolute Gasteiger partial charge is 0.335 e. The van der Waals surface area contributed by atoms with Crippen LogP contribution in [0.25, 0.3) is 10.4 Å².